The Balaban J connectivity index is 0.000000380. The van der Waals surface area contributed by atoms with Crippen molar-refractivity contribution >= 4 is 33.3 Å². The third kappa shape index (κ3) is 8.20. The van der Waals surface area contributed by atoms with Crippen molar-refractivity contribution in [3.05, 3.63) is 65.2 Å². The lowest BCUT2D eigenvalue weighted by atomic mass is 9.86. The van der Waals surface area contributed by atoms with E-state index in [0.717, 1.165) is 24.3 Å². The number of halogens is 3. The van der Waals surface area contributed by atoms with Crippen LogP contribution in [0.2, 0.25) is 5.02 Å². The molecule has 1 aliphatic rings. The van der Waals surface area contributed by atoms with Crippen LogP contribution in [0.5, 0.6) is 0 Å². The van der Waals surface area contributed by atoms with Crippen LogP contribution >= 0.6 is 11.6 Å². The van der Waals surface area contributed by atoms with E-state index in [1.54, 1.807) is 12.1 Å². The van der Waals surface area contributed by atoms with Crippen molar-refractivity contribution in [2.75, 3.05) is 6.54 Å². The summed E-state index contributed by atoms with van der Waals surface area (Å²) in [6, 6.07) is 10.5. The minimum absolute atomic E-state index is 0.134. The second kappa shape index (κ2) is 11.9. The highest BCUT2D eigenvalue weighted by Crippen LogP contribution is 2.33. The highest BCUT2D eigenvalue weighted by molar-refractivity contribution is 7.92. The Hall–Kier alpha value is -2.52. The van der Waals surface area contributed by atoms with Crippen LogP contribution in [0.3, 0.4) is 0 Å². The fraction of sp³-hybridized carbons (Fsp3) is 0.364. The quantitative estimate of drug-likeness (QED) is 0.650. The molecule has 0 heterocycles. The molecule has 0 bridgehead atoms. The number of hydrogen-bond acceptors (Lipinski definition) is 4. The van der Waals surface area contributed by atoms with E-state index in [2.05, 4.69) is 5.32 Å². The Morgan fingerprint density at radius 1 is 0.938 bits per heavy atom. The zero-order valence-electron chi connectivity index (χ0n) is 17.3. The fourth-order valence-corrected chi connectivity index (χ4v) is 5.33. The second-order valence-corrected chi connectivity index (χ2v) is 10.2. The maximum Gasteiger partial charge on any atom is 0.236 e. The molecule has 0 atom stereocenters. The number of primary amides is 1. The molecule has 10 heteroatoms. The van der Waals surface area contributed by atoms with Crippen molar-refractivity contribution in [3.8, 4) is 0 Å². The predicted octanol–water partition coefficient (Wildman–Crippen LogP) is 3.63. The summed E-state index contributed by atoms with van der Waals surface area (Å²) in [6.07, 6.45) is 2.68. The SMILES string of the molecule is Fc1ccc(F)cc1.NC(=O)CNC(=O)CC1CCC(S(=O)(=O)c2ccc(Cl)cc2)CC1. The summed E-state index contributed by atoms with van der Waals surface area (Å²) in [7, 11) is -3.37. The molecule has 1 saturated carbocycles. The van der Waals surface area contributed by atoms with Crippen LogP contribution < -0.4 is 11.1 Å². The average Bonchev–Trinajstić information content (AvgIpc) is 2.75. The van der Waals surface area contributed by atoms with E-state index >= 15 is 0 Å². The number of benzene rings is 2. The van der Waals surface area contributed by atoms with Gasteiger partial charge in [0.05, 0.1) is 16.7 Å². The maximum atomic E-state index is 12.6. The third-order valence-electron chi connectivity index (χ3n) is 5.11. The molecule has 32 heavy (non-hydrogen) atoms. The smallest absolute Gasteiger partial charge is 0.236 e. The molecule has 174 valence electrons. The molecule has 2 amide bonds. The summed E-state index contributed by atoms with van der Waals surface area (Å²) in [5, 5.41) is 2.53. The van der Waals surface area contributed by atoms with Crippen LogP contribution in [0.25, 0.3) is 0 Å². The Kier molecular flexibility index (Phi) is 9.59. The number of carbonyl (C=O) groups is 2. The van der Waals surface area contributed by atoms with Crippen LogP contribution in [-0.2, 0) is 19.4 Å². The molecule has 6 nitrogen and oxygen atoms in total. The minimum Gasteiger partial charge on any atom is -0.368 e. The summed E-state index contributed by atoms with van der Waals surface area (Å²) in [5.41, 5.74) is 4.98. The van der Waals surface area contributed by atoms with Gasteiger partial charge in [-0.25, -0.2) is 17.2 Å². The lowest BCUT2D eigenvalue weighted by molar-refractivity contribution is -0.125. The number of nitrogens with two attached hydrogens (primary N) is 1. The fourth-order valence-electron chi connectivity index (χ4n) is 3.41. The Bertz CT molecular complexity index is 986. The van der Waals surface area contributed by atoms with Gasteiger partial charge in [0.25, 0.3) is 0 Å². The summed E-state index contributed by atoms with van der Waals surface area (Å²) < 4.78 is 49.1. The van der Waals surface area contributed by atoms with Gasteiger partial charge in [0.1, 0.15) is 11.6 Å². The standard InChI is InChI=1S/C16H21ClN2O4S.C6H4F2/c17-12-3-7-14(8-4-12)24(22,23)13-5-1-11(2-6-13)9-16(21)19-10-15(18)20;7-5-1-2-6(8)4-3-5/h3-4,7-8,11,13H,1-2,5-6,9-10H2,(H2,18,20)(H,19,21);1-4H. The molecular weight excluding hydrogens is 462 g/mol. The van der Waals surface area contributed by atoms with Crippen molar-refractivity contribution in [2.24, 2.45) is 11.7 Å². The third-order valence-corrected chi connectivity index (χ3v) is 7.64. The topological polar surface area (TPSA) is 106 Å². The summed E-state index contributed by atoms with van der Waals surface area (Å²) >= 11 is 5.80. The second-order valence-electron chi connectivity index (χ2n) is 7.53. The lowest BCUT2D eigenvalue weighted by Gasteiger charge is -2.28. The van der Waals surface area contributed by atoms with Crippen LogP contribution in [0.15, 0.2) is 53.4 Å². The van der Waals surface area contributed by atoms with Gasteiger partial charge in [0.2, 0.25) is 11.8 Å². The van der Waals surface area contributed by atoms with Crippen LogP contribution in [-0.4, -0.2) is 32.0 Å². The molecule has 2 aromatic carbocycles. The van der Waals surface area contributed by atoms with Crippen LogP contribution in [0, 0.1) is 17.6 Å². The first-order valence-electron chi connectivity index (χ1n) is 10.0. The van der Waals surface area contributed by atoms with E-state index in [1.165, 1.54) is 12.1 Å². The lowest BCUT2D eigenvalue weighted by Crippen LogP contribution is -2.35. The number of sulfone groups is 1. The van der Waals surface area contributed by atoms with Gasteiger partial charge in [0.15, 0.2) is 9.84 Å². The molecule has 1 fully saturated rings. The number of carbonyl (C=O) groups excluding carboxylic acids is 2. The average molecular weight is 487 g/mol. The highest BCUT2D eigenvalue weighted by Gasteiger charge is 2.32. The van der Waals surface area contributed by atoms with E-state index in [9.17, 15) is 26.8 Å². The van der Waals surface area contributed by atoms with Crippen molar-refractivity contribution in [1.82, 2.24) is 5.32 Å². The van der Waals surface area contributed by atoms with Crippen molar-refractivity contribution in [2.45, 2.75) is 42.2 Å². The largest absolute Gasteiger partial charge is 0.368 e. The van der Waals surface area contributed by atoms with E-state index in [0.29, 0.717) is 37.1 Å². The number of hydrogen-bond donors (Lipinski definition) is 2. The number of nitrogens with one attached hydrogen (secondary N) is 1. The number of rotatable bonds is 6. The highest BCUT2D eigenvalue weighted by atomic mass is 35.5. The Labute approximate surface area is 191 Å². The predicted molar refractivity (Wildman–Crippen MR) is 118 cm³/mol. The van der Waals surface area contributed by atoms with Crippen LogP contribution in [0.4, 0.5) is 8.78 Å². The monoisotopic (exact) mass is 486 g/mol. The van der Waals surface area contributed by atoms with Crippen LogP contribution in [0.1, 0.15) is 32.1 Å². The van der Waals surface area contributed by atoms with Gasteiger partial charge in [-0.2, -0.15) is 0 Å². The minimum atomic E-state index is -3.37. The first kappa shape index (κ1) is 25.7. The zero-order valence-corrected chi connectivity index (χ0v) is 18.8. The van der Waals surface area contributed by atoms with Gasteiger partial charge < -0.3 is 11.1 Å². The molecule has 0 radical (unpaired) electrons. The van der Waals surface area contributed by atoms with Gasteiger partial charge in [-0.1, -0.05) is 11.6 Å². The summed E-state index contributed by atoms with van der Waals surface area (Å²) in [5.74, 6) is -1.49. The maximum absolute atomic E-state index is 12.6. The van der Waals surface area contributed by atoms with Gasteiger partial charge in [-0.05, 0) is 80.1 Å². The molecule has 0 spiro atoms. The van der Waals surface area contributed by atoms with E-state index in [4.69, 9.17) is 17.3 Å². The Morgan fingerprint density at radius 2 is 1.44 bits per heavy atom. The molecule has 0 aliphatic heterocycles. The van der Waals surface area contributed by atoms with E-state index < -0.39 is 32.6 Å². The van der Waals surface area contributed by atoms with E-state index in [1.807, 2.05) is 0 Å². The van der Waals surface area contributed by atoms with Gasteiger partial charge >= 0.3 is 0 Å². The first-order chi connectivity index (χ1) is 15.1. The van der Waals surface area contributed by atoms with Gasteiger partial charge in [-0.3, -0.25) is 9.59 Å². The molecular formula is C22H25ClF2N2O4S. The summed E-state index contributed by atoms with van der Waals surface area (Å²) in [6.45, 7) is -0.168. The number of amides is 2. The molecule has 3 N–H and O–H groups in total. The summed E-state index contributed by atoms with van der Waals surface area (Å²) in [4.78, 5) is 22.6. The molecule has 2 aromatic rings. The van der Waals surface area contributed by atoms with E-state index in [-0.39, 0.29) is 23.3 Å². The normalized spacial score (nSPS) is 18.2. The molecule has 0 aromatic heterocycles. The molecule has 0 saturated heterocycles. The molecule has 3 rings (SSSR count). The first-order valence-corrected chi connectivity index (χ1v) is 12.0. The van der Waals surface area contributed by atoms with Gasteiger partial charge in [-0.15, -0.1) is 0 Å². The van der Waals surface area contributed by atoms with Gasteiger partial charge in [0, 0.05) is 11.4 Å². The Morgan fingerprint density at radius 3 is 1.91 bits per heavy atom. The molecule has 1 aliphatic carbocycles. The molecule has 0 unspecified atom stereocenters. The van der Waals surface area contributed by atoms with Crippen molar-refractivity contribution < 1.29 is 26.8 Å². The van der Waals surface area contributed by atoms with Crippen molar-refractivity contribution in [3.63, 3.8) is 0 Å². The van der Waals surface area contributed by atoms with Crippen molar-refractivity contribution in [1.29, 1.82) is 0 Å². The zero-order chi connectivity index (χ0) is 23.7.